The minimum Gasteiger partial charge on any atom is -0.368 e. The van der Waals surface area contributed by atoms with Crippen molar-refractivity contribution in [1.29, 1.82) is 0 Å². The van der Waals surface area contributed by atoms with Crippen LogP contribution in [0.15, 0.2) is 0 Å². The molecule has 0 saturated carbocycles. The molecule has 1 heterocycles. The first-order chi connectivity index (χ1) is 12.2. The van der Waals surface area contributed by atoms with Crippen molar-refractivity contribution in [2.45, 2.75) is 110 Å². The number of anilines is 2. The topological polar surface area (TPSA) is 90.7 Å². The quantitative estimate of drug-likeness (QED) is 0.387. The fourth-order valence-electron chi connectivity index (χ4n) is 3.22. The highest BCUT2D eigenvalue weighted by Gasteiger charge is 2.01. The highest BCUT2D eigenvalue weighted by atomic mass is 15.1. The van der Waals surface area contributed by atoms with Gasteiger partial charge in [-0.15, -0.1) is 0 Å². The summed E-state index contributed by atoms with van der Waals surface area (Å²) >= 11 is 0. The predicted octanol–water partition coefficient (Wildman–Crippen LogP) is 5.45. The molecule has 25 heavy (non-hydrogen) atoms. The molecule has 0 aliphatic carbocycles. The summed E-state index contributed by atoms with van der Waals surface area (Å²) < 4.78 is 0. The molecule has 0 atom stereocenters. The standard InChI is InChI=1S/C20H39N5/c1-2-3-4-5-6-7-8-9-10-11-12-13-14-15-16-17-18-23-19(21)25-20(22)24-18/h2-17H2,1H3,(H4,21,22,23,24,25). The Morgan fingerprint density at radius 1 is 0.520 bits per heavy atom. The van der Waals surface area contributed by atoms with Gasteiger partial charge in [0.15, 0.2) is 0 Å². The zero-order chi connectivity index (χ0) is 18.2. The lowest BCUT2D eigenvalue weighted by atomic mass is 10.0. The SMILES string of the molecule is CCCCCCCCCCCCCCCCCc1nc(N)nc(N)n1. The Kier molecular flexibility index (Phi) is 12.9. The highest BCUT2D eigenvalue weighted by molar-refractivity contribution is 5.25. The summed E-state index contributed by atoms with van der Waals surface area (Å²) in [6.45, 7) is 2.28. The zero-order valence-electron chi connectivity index (χ0n) is 16.3. The number of hydrogen-bond donors (Lipinski definition) is 2. The van der Waals surface area contributed by atoms with Gasteiger partial charge in [-0.05, 0) is 6.42 Å². The molecular formula is C20H39N5. The van der Waals surface area contributed by atoms with E-state index < -0.39 is 0 Å². The Morgan fingerprint density at radius 3 is 1.28 bits per heavy atom. The van der Waals surface area contributed by atoms with Crippen LogP contribution in [0.1, 0.15) is 109 Å². The Labute approximate surface area is 154 Å². The summed E-state index contributed by atoms with van der Waals surface area (Å²) in [6.07, 6.45) is 21.4. The Hall–Kier alpha value is -1.39. The summed E-state index contributed by atoms with van der Waals surface area (Å²) in [7, 11) is 0. The monoisotopic (exact) mass is 349 g/mol. The first-order valence-electron chi connectivity index (χ1n) is 10.5. The summed E-state index contributed by atoms with van der Waals surface area (Å²) in [5, 5.41) is 0. The van der Waals surface area contributed by atoms with E-state index in [0.717, 1.165) is 18.7 Å². The molecule has 0 aromatic carbocycles. The van der Waals surface area contributed by atoms with Gasteiger partial charge in [0.25, 0.3) is 0 Å². The number of nitrogen functional groups attached to an aromatic ring is 2. The van der Waals surface area contributed by atoms with Gasteiger partial charge in [-0.25, -0.2) is 0 Å². The number of hydrogen-bond acceptors (Lipinski definition) is 5. The number of nitrogens with zero attached hydrogens (tertiary/aromatic N) is 3. The van der Waals surface area contributed by atoms with Crippen LogP contribution >= 0.6 is 0 Å². The van der Waals surface area contributed by atoms with Crippen molar-refractivity contribution >= 4 is 11.9 Å². The number of nitrogens with two attached hydrogens (primary N) is 2. The minimum absolute atomic E-state index is 0.225. The summed E-state index contributed by atoms with van der Waals surface area (Å²) in [6, 6.07) is 0. The van der Waals surface area contributed by atoms with Crippen molar-refractivity contribution < 1.29 is 0 Å². The zero-order valence-corrected chi connectivity index (χ0v) is 16.3. The van der Waals surface area contributed by atoms with Gasteiger partial charge < -0.3 is 11.5 Å². The van der Waals surface area contributed by atoms with Crippen LogP contribution in [0.4, 0.5) is 11.9 Å². The summed E-state index contributed by atoms with van der Waals surface area (Å²) in [4.78, 5) is 12.0. The lowest BCUT2D eigenvalue weighted by molar-refractivity contribution is 0.531. The van der Waals surface area contributed by atoms with E-state index in [2.05, 4.69) is 21.9 Å². The normalized spacial score (nSPS) is 11.1. The van der Waals surface area contributed by atoms with Gasteiger partial charge in [-0.3, -0.25) is 0 Å². The van der Waals surface area contributed by atoms with Crippen LogP contribution in [0.2, 0.25) is 0 Å². The molecule has 1 aromatic heterocycles. The number of rotatable bonds is 16. The molecule has 1 rings (SSSR count). The largest absolute Gasteiger partial charge is 0.368 e. The van der Waals surface area contributed by atoms with Gasteiger partial charge in [0, 0.05) is 6.42 Å². The minimum atomic E-state index is 0.225. The fourth-order valence-corrected chi connectivity index (χ4v) is 3.22. The van der Waals surface area contributed by atoms with Gasteiger partial charge in [0.05, 0.1) is 0 Å². The molecule has 0 radical (unpaired) electrons. The van der Waals surface area contributed by atoms with E-state index in [1.54, 1.807) is 0 Å². The van der Waals surface area contributed by atoms with Crippen LogP contribution in [-0.2, 0) is 6.42 Å². The van der Waals surface area contributed by atoms with Crippen LogP contribution in [-0.4, -0.2) is 15.0 Å². The van der Waals surface area contributed by atoms with Crippen LogP contribution in [0.25, 0.3) is 0 Å². The van der Waals surface area contributed by atoms with Gasteiger partial charge in [-0.2, -0.15) is 15.0 Å². The third-order valence-corrected chi connectivity index (χ3v) is 4.72. The molecule has 0 bridgehead atoms. The number of aromatic nitrogens is 3. The van der Waals surface area contributed by atoms with E-state index in [0.29, 0.717) is 0 Å². The Bertz CT molecular complexity index is 416. The van der Waals surface area contributed by atoms with Crippen LogP contribution in [0, 0.1) is 0 Å². The van der Waals surface area contributed by atoms with Crippen molar-refractivity contribution in [2.24, 2.45) is 0 Å². The second kappa shape index (κ2) is 14.9. The first kappa shape index (κ1) is 21.7. The second-order valence-electron chi connectivity index (χ2n) is 7.17. The molecule has 5 nitrogen and oxygen atoms in total. The van der Waals surface area contributed by atoms with E-state index in [9.17, 15) is 0 Å². The molecule has 4 N–H and O–H groups in total. The number of aryl methyl sites for hydroxylation is 1. The molecule has 0 saturated heterocycles. The molecular weight excluding hydrogens is 310 g/mol. The average Bonchev–Trinajstić information content (AvgIpc) is 2.57. The third-order valence-electron chi connectivity index (χ3n) is 4.72. The van der Waals surface area contributed by atoms with Crippen molar-refractivity contribution in [3.05, 3.63) is 5.82 Å². The second-order valence-corrected chi connectivity index (χ2v) is 7.17. The van der Waals surface area contributed by atoms with E-state index >= 15 is 0 Å². The molecule has 144 valence electrons. The lowest BCUT2D eigenvalue weighted by Crippen LogP contribution is -2.06. The molecule has 0 aliphatic heterocycles. The van der Waals surface area contributed by atoms with Gasteiger partial charge in [0.2, 0.25) is 11.9 Å². The van der Waals surface area contributed by atoms with Crippen molar-refractivity contribution in [3.63, 3.8) is 0 Å². The Morgan fingerprint density at radius 2 is 0.880 bits per heavy atom. The maximum atomic E-state index is 5.57. The van der Waals surface area contributed by atoms with Crippen molar-refractivity contribution in [1.82, 2.24) is 15.0 Å². The highest BCUT2D eigenvalue weighted by Crippen LogP contribution is 2.14. The van der Waals surface area contributed by atoms with Gasteiger partial charge in [-0.1, -0.05) is 96.8 Å². The first-order valence-corrected chi connectivity index (χ1v) is 10.5. The fraction of sp³-hybridized carbons (Fsp3) is 0.850. The third kappa shape index (κ3) is 12.6. The van der Waals surface area contributed by atoms with Crippen LogP contribution in [0.3, 0.4) is 0 Å². The van der Waals surface area contributed by atoms with Crippen molar-refractivity contribution in [3.8, 4) is 0 Å². The molecule has 0 amide bonds. The van der Waals surface area contributed by atoms with Gasteiger partial charge in [0.1, 0.15) is 5.82 Å². The molecule has 0 unspecified atom stereocenters. The van der Waals surface area contributed by atoms with Crippen LogP contribution in [0.5, 0.6) is 0 Å². The van der Waals surface area contributed by atoms with E-state index in [1.165, 1.54) is 89.9 Å². The Balaban J connectivity index is 1.81. The molecule has 1 aromatic rings. The van der Waals surface area contributed by atoms with Crippen LogP contribution < -0.4 is 11.5 Å². The average molecular weight is 350 g/mol. The van der Waals surface area contributed by atoms with Crippen molar-refractivity contribution in [2.75, 3.05) is 11.5 Å². The predicted molar refractivity (Wildman–Crippen MR) is 107 cm³/mol. The van der Waals surface area contributed by atoms with Gasteiger partial charge >= 0.3 is 0 Å². The smallest absolute Gasteiger partial charge is 0.225 e. The summed E-state index contributed by atoms with van der Waals surface area (Å²) in [5.41, 5.74) is 11.1. The van der Waals surface area contributed by atoms with E-state index in [1.807, 2.05) is 0 Å². The lowest BCUT2D eigenvalue weighted by Gasteiger charge is -2.04. The molecule has 0 aliphatic rings. The molecule has 0 fully saturated rings. The maximum absolute atomic E-state index is 5.57. The molecule has 5 heteroatoms. The van der Waals surface area contributed by atoms with E-state index in [-0.39, 0.29) is 11.9 Å². The van der Waals surface area contributed by atoms with E-state index in [4.69, 9.17) is 11.5 Å². The number of unbranched alkanes of at least 4 members (excludes halogenated alkanes) is 14. The summed E-state index contributed by atoms with van der Waals surface area (Å²) in [5.74, 6) is 1.17. The maximum Gasteiger partial charge on any atom is 0.225 e. The molecule has 0 spiro atoms.